The zero-order chi connectivity index (χ0) is 11.8. The van der Waals surface area contributed by atoms with Gasteiger partial charge in [0.05, 0.1) is 12.3 Å². The Morgan fingerprint density at radius 2 is 2.31 bits per heavy atom. The third kappa shape index (κ3) is 4.59. The van der Waals surface area contributed by atoms with Gasteiger partial charge < -0.3 is 10.2 Å². The number of nitrogen functional groups attached to an aromatic ring is 1. The van der Waals surface area contributed by atoms with E-state index in [1.54, 1.807) is 0 Å². The molecule has 1 atom stereocenters. The van der Waals surface area contributed by atoms with Crippen molar-refractivity contribution >= 4 is 5.82 Å². The first-order chi connectivity index (χ1) is 7.76. The van der Waals surface area contributed by atoms with E-state index in [1.165, 1.54) is 12.8 Å². The maximum atomic E-state index is 5.60. The van der Waals surface area contributed by atoms with Crippen molar-refractivity contribution in [2.45, 2.75) is 33.3 Å². The SMILES string of the molecule is CCCC(C)COCc1cccc(NN)n1. The number of hydrazine groups is 1. The number of nitrogens with two attached hydrogens (primary N) is 1. The Morgan fingerprint density at radius 3 is 3.00 bits per heavy atom. The number of aromatic nitrogens is 1. The van der Waals surface area contributed by atoms with Gasteiger partial charge in [-0.1, -0.05) is 26.3 Å². The lowest BCUT2D eigenvalue weighted by Gasteiger charge is -2.10. The fourth-order valence-electron chi connectivity index (χ4n) is 1.58. The third-order valence-corrected chi connectivity index (χ3v) is 2.39. The molecule has 0 aromatic carbocycles. The molecule has 1 heterocycles. The molecule has 1 unspecified atom stereocenters. The molecule has 3 N–H and O–H groups in total. The molecular formula is C12H21N3O. The summed E-state index contributed by atoms with van der Waals surface area (Å²) in [4.78, 5) is 4.27. The lowest BCUT2D eigenvalue weighted by Crippen LogP contribution is -2.10. The third-order valence-electron chi connectivity index (χ3n) is 2.39. The van der Waals surface area contributed by atoms with Gasteiger partial charge in [0.15, 0.2) is 0 Å². The predicted octanol–water partition coefficient (Wildman–Crippen LogP) is 2.32. The molecule has 1 rings (SSSR count). The molecule has 0 saturated heterocycles. The average molecular weight is 223 g/mol. The summed E-state index contributed by atoms with van der Waals surface area (Å²) in [5, 5.41) is 0. The number of nitrogens with one attached hydrogen (secondary N) is 1. The summed E-state index contributed by atoms with van der Waals surface area (Å²) in [5.74, 6) is 6.56. The van der Waals surface area contributed by atoms with Gasteiger partial charge in [0, 0.05) is 6.61 Å². The number of hydrogen-bond donors (Lipinski definition) is 2. The van der Waals surface area contributed by atoms with Crippen molar-refractivity contribution in [2.75, 3.05) is 12.0 Å². The second-order valence-electron chi connectivity index (χ2n) is 4.07. The van der Waals surface area contributed by atoms with Crippen LogP contribution < -0.4 is 11.3 Å². The van der Waals surface area contributed by atoms with Gasteiger partial charge in [-0.15, -0.1) is 0 Å². The monoisotopic (exact) mass is 223 g/mol. The lowest BCUT2D eigenvalue weighted by atomic mass is 10.1. The summed E-state index contributed by atoms with van der Waals surface area (Å²) in [6.45, 7) is 5.72. The Balaban J connectivity index is 2.31. The van der Waals surface area contributed by atoms with Gasteiger partial charge in [0.25, 0.3) is 0 Å². The number of nitrogens with zero attached hydrogens (tertiary/aromatic N) is 1. The van der Waals surface area contributed by atoms with Gasteiger partial charge in [-0.2, -0.15) is 0 Å². The predicted molar refractivity (Wildman–Crippen MR) is 65.8 cm³/mol. The zero-order valence-electron chi connectivity index (χ0n) is 10.1. The first-order valence-corrected chi connectivity index (χ1v) is 5.76. The smallest absolute Gasteiger partial charge is 0.140 e. The number of hydrogen-bond acceptors (Lipinski definition) is 4. The van der Waals surface area contributed by atoms with Crippen molar-refractivity contribution in [2.24, 2.45) is 11.8 Å². The van der Waals surface area contributed by atoms with Crippen molar-refractivity contribution in [1.82, 2.24) is 4.98 Å². The van der Waals surface area contributed by atoms with Crippen LogP contribution in [0.1, 0.15) is 32.4 Å². The van der Waals surface area contributed by atoms with Crippen molar-refractivity contribution in [3.05, 3.63) is 23.9 Å². The summed E-state index contributed by atoms with van der Waals surface area (Å²) in [5.41, 5.74) is 3.42. The fourth-order valence-corrected chi connectivity index (χ4v) is 1.58. The van der Waals surface area contributed by atoms with Crippen LogP contribution in [0.4, 0.5) is 5.82 Å². The quantitative estimate of drug-likeness (QED) is 0.550. The molecule has 0 spiro atoms. The highest BCUT2D eigenvalue weighted by molar-refractivity contribution is 5.33. The number of rotatable bonds is 7. The Morgan fingerprint density at radius 1 is 1.50 bits per heavy atom. The molecule has 0 fully saturated rings. The molecule has 4 heteroatoms. The van der Waals surface area contributed by atoms with Crippen LogP contribution in [0.25, 0.3) is 0 Å². The van der Waals surface area contributed by atoms with E-state index in [0.717, 1.165) is 12.3 Å². The molecular weight excluding hydrogens is 202 g/mol. The van der Waals surface area contributed by atoms with Crippen molar-refractivity contribution in [3.8, 4) is 0 Å². The Kier molecular flexibility index (Phi) is 5.82. The molecule has 0 aliphatic rings. The fraction of sp³-hybridized carbons (Fsp3) is 0.583. The first-order valence-electron chi connectivity index (χ1n) is 5.76. The summed E-state index contributed by atoms with van der Waals surface area (Å²) in [7, 11) is 0. The normalized spacial score (nSPS) is 12.4. The van der Waals surface area contributed by atoms with E-state index >= 15 is 0 Å². The van der Waals surface area contributed by atoms with E-state index < -0.39 is 0 Å². The van der Waals surface area contributed by atoms with Crippen LogP contribution in [0.5, 0.6) is 0 Å². The van der Waals surface area contributed by atoms with Crippen molar-refractivity contribution in [3.63, 3.8) is 0 Å². The second kappa shape index (κ2) is 7.19. The highest BCUT2D eigenvalue weighted by Gasteiger charge is 2.02. The first kappa shape index (κ1) is 12.9. The van der Waals surface area contributed by atoms with E-state index in [-0.39, 0.29) is 0 Å². The molecule has 1 aromatic heterocycles. The van der Waals surface area contributed by atoms with E-state index in [2.05, 4.69) is 24.3 Å². The van der Waals surface area contributed by atoms with Gasteiger partial charge >= 0.3 is 0 Å². The molecule has 0 saturated carbocycles. The highest BCUT2D eigenvalue weighted by atomic mass is 16.5. The number of pyridine rings is 1. The van der Waals surface area contributed by atoms with Crippen LogP contribution in [0.2, 0.25) is 0 Å². The molecule has 90 valence electrons. The minimum Gasteiger partial charge on any atom is -0.375 e. The summed E-state index contributed by atoms with van der Waals surface area (Å²) < 4.78 is 5.60. The highest BCUT2D eigenvalue weighted by Crippen LogP contribution is 2.08. The standard InChI is InChI=1S/C12H21N3O/c1-3-5-10(2)8-16-9-11-6-4-7-12(14-11)15-13/h4,6-7,10H,3,5,8-9,13H2,1-2H3,(H,14,15). The molecule has 0 amide bonds. The van der Waals surface area contributed by atoms with Crippen molar-refractivity contribution in [1.29, 1.82) is 0 Å². The average Bonchev–Trinajstić information content (AvgIpc) is 2.30. The van der Waals surface area contributed by atoms with Gasteiger partial charge in [-0.3, -0.25) is 0 Å². The molecule has 1 aromatic rings. The zero-order valence-corrected chi connectivity index (χ0v) is 10.1. The Hall–Kier alpha value is -1.13. The van der Waals surface area contributed by atoms with Gasteiger partial charge in [0.1, 0.15) is 5.82 Å². The van der Waals surface area contributed by atoms with E-state index in [0.29, 0.717) is 18.3 Å². The van der Waals surface area contributed by atoms with Crippen LogP contribution in [0, 0.1) is 5.92 Å². The lowest BCUT2D eigenvalue weighted by molar-refractivity contribution is 0.0873. The van der Waals surface area contributed by atoms with Crippen LogP contribution in [-0.4, -0.2) is 11.6 Å². The minimum absolute atomic E-state index is 0.545. The van der Waals surface area contributed by atoms with E-state index in [9.17, 15) is 0 Å². The molecule has 0 aliphatic heterocycles. The molecule has 4 nitrogen and oxygen atoms in total. The molecule has 16 heavy (non-hydrogen) atoms. The summed E-state index contributed by atoms with van der Waals surface area (Å²) in [6, 6.07) is 5.67. The van der Waals surface area contributed by atoms with Crippen LogP contribution in [0.3, 0.4) is 0 Å². The molecule has 0 bridgehead atoms. The molecule has 0 radical (unpaired) electrons. The Bertz CT molecular complexity index is 304. The van der Waals surface area contributed by atoms with Crippen LogP contribution in [-0.2, 0) is 11.3 Å². The topological polar surface area (TPSA) is 60.2 Å². The number of ether oxygens (including phenoxy) is 1. The summed E-state index contributed by atoms with van der Waals surface area (Å²) in [6.07, 6.45) is 2.41. The van der Waals surface area contributed by atoms with E-state index in [4.69, 9.17) is 10.6 Å². The maximum absolute atomic E-state index is 5.60. The maximum Gasteiger partial charge on any atom is 0.140 e. The second-order valence-corrected chi connectivity index (χ2v) is 4.07. The molecule has 0 aliphatic carbocycles. The van der Waals surface area contributed by atoms with Gasteiger partial charge in [-0.25, -0.2) is 10.8 Å². The largest absolute Gasteiger partial charge is 0.375 e. The van der Waals surface area contributed by atoms with Crippen molar-refractivity contribution < 1.29 is 4.74 Å². The summed E-state index contributed by atoms with van der Waals surface area (Å²) >= 11 is 0. The van der Waals surface area contributed by atoms with E-state index in [1.807, 2.05) is 18.2 Å². The number of anilines is 1. The van der Waals surface area contributed by atoms with Crippen LogP contribution in [0.15, 0.2) is 18.2 Å². The van der Waals surface area contributed by atoms with Gasteiger partial charge in [-0.05, 0) is 24.5 Å². The minimum atomic E-state index is 0.545. The Labute approximate surface area is 97.2 Å². The van der Waals surface area contributed by atoms with Crippen LogP contribution >= 0.6 is 0 Å². The van der Waals surface area contributed by atoms with Gasteiger partial charge in [0.2, 0.25) is 0 Å².